The largest absolute Gasteiger partial charge is 0.381 e. The fourth-order valence-corrected chi connectivity index (χ4v) is 3.71. The molecule has 2 aromatic carbocycles. The highest BCUT2D eigenvalue weighted by molar-refractivity contribution is 5.88. The molecular formula is C23H29NO2. The van der Waals surface area contributed by atoms with Crippen molar-refractivity contribution in [1.82, 2.24) is 5.32 Å². The summed E-state index contributed by atoms with van der Waals surface area (Å²) < 4.78 is 5.54. The van der Waals surface area contributed by atoms with E-state index in [1.165, 1.54) is 5.56 Å². The lowest BCUT2D eigenvalue weighted by atomic mass is 9.73. The monoisotopic (exact) mass is 351 g/mol. The van der Waals surface area contributed by atoms with Crippen LogP contribution in [0.25, 0.3) is 0 Å². The summed E-state index contributed by atoms with van der Waals surface area (Å²) in [6.07, 6.45) is 1.45. The van der Waals surface area contributed by atoms with Gasteiger partial charge in [-0.25, -0.2) is 0 Å². The number of amides is 1. The summed E-state index contributed by atoms with van der Waals surface area (Å²) in [6.45, 7) is 7.68. The van der Waals surface area contributed by atoms with E-state index in [2.05, 4.69) is 62.5 Å². The van der Waals surface area contributed by atoms with Gasteiger partial charge in [0, 0.05) is 13.2 Å². The molecule has 1 N–H and O–H groups in total. The van der Waals surface area contributed by atoms with Crippen LogP contribution in [0.15, 0.2) is 54.6 Å². The zero-order chi connectivity index (χ0) is 18.6. The van der Waals surface area contributed by atoms with Crippen molar-refractivity contribution < 1.29 is 9.53 Å². The van der Waals surface area contributed by atoms with Crippen molar-refractivity contribution in [3.63, 3.8) is 0 Å². The first-order valence-corrected chi connectivity index (χ1v) is 9.57. The molecule has 0 spiro atoms. The van der Waals surface area contributed by atoms with E-state index in [1.54, 1.807) is 0 Å². The standard InChI is InChI=1S/C23H29NO2/c1-17(2)19-9-11-20(12-10-19)18(3)24-22(25)23(13-15-26-16-14-23)21-7-5-4-6-8-21/h4-12,17-18H,13-16H2,1-3H3,(H,24,25). The molecule has 0 bridgehead atoms. The minimum Gasteiger partial charge on any atom is -0.381 e. The predicted octanol–water partition coefficient (Wildman–Crippen LogP) is 4.74. The van der Waals surface area contributed by atoms with Crippen molar-refractivity contribution in [2.24, 2.45) is 0 Å². The molecule has 1 atom stereocenters. The van der Waals surface area contributed by atoms with Gasteiger partial charge in [-0.15, -0.1) is 0 Å². The molecule has 26 heavy (non-hydrogen) atoms. The zero-order valence-electron chi connectivity index (χ0n) is 16.0. The predicted molar refractivity (Wildman–Crippen MR) is 105 cm³/mol. The molecule has 1 saturated heterocycles. The van der Waals surface area contributed by atoms with Gasteiger partial charge < -0.3 is 10.1 Å². The molecule has 1 unspecified atom stereocenters. The maximum absolute atomic E-state index is 13.3. The smallest absolute Gasteiger partial charge is 0.231 e. The van der Waals surface area contributed by atoms with Gasteiger partial charge in [0.1, 0.15) is 0 Å². The average Bonchev–Trinajstić information content (AvgIpc) is 2.69. The van der Waals surface area contributed by atoms with Crippen LogP contribution in [0.1, 0.15) is 62.3 Å². The first-order valence-electron chi connectivity index (χ1n) is 9.57. The van der Waals surface area contributed by atoms with E-state index in [0.29, 0.717) is 19.1 Å². The maximum Gasteiger partial charge on any atom is 0.231 e. The number of ether oxygens (including phenoxy) is 1. The van der Waals surface area contributed by atoms with Crippen LogP contribution in [0.3, 0.4) is 0 Å². The summed E-state index contributed by atoms with van der Waals surface area (Å²) in [5.74, 6) is 0.616. The topological polar surface area (TPSA) is 38.3 Å². The second kappa shape index (κ2) is 8.05. The third-order valence-corrected chi connectivity index (χ3v) is 5.56. The van der Waals surface area contributed by atoms with E-state index in [1.807, 2.05) is 18.2 Å². The quantitative estimate of drug-likeness (QED) is 0.845. The molecule has 138 valence electrons. The number of nitrogens with one attached hydrogen (secondary N) is 1. The molecule has 2 aromatic rings. The zero-order valence-corrected chi connectivity index (χ0v) is 16.0. The minimum absolute atomic E-state index is 0.0212. The van der Waals surface area contributed by atoms with Gasteiger partial charge in [-0.3, -0.25) is 4.79 Å². The molecule has 0 aliphatic carbocycles. The highest BCUT2D eigenvalue weighted by atomic mass is 16.5. The molecule has 1 aliphatic heterocycles. The third kappa shape index (κ3) is 3.83. The van der Waals surface area contributed by atoms with Crippen LogP contribution in [0, 0.1) is 0 Å². The van der Waals surface area contributed by atoms with Crippen molar-refractivity contribution in [2.45, 2.75) is 51.0 Å². The second-order valence-corrected chi connectivity index (χ2v) is 7.58. The van der Waals surface area contributed by atoms with Gasteiger partial charge in [0.25, 0.3) is 0 Å². The Hall–Kier alpha value is -2.13. The Balaban J connectivity index is 1.79. The van der Waals surface area contributed by atoms with Gasteiger partial charge in [-0.2, -0.15) is 0 Å². The molecule has 1 aliphatic rings. The van der Waals surface area contributed by atoms with E-state index in [0.717, 1.165) is 24.0 Å². The van der Waals surface area contributed by atoms with Crippen LogP contribution in [0.5, 0.6) is 0 Å². The van der Waals surface area contributed by atoms with Gasteiger partial charge in [0.15, 0.2) is 0 Å². The van der Waals surface area contributed by atoms with Crippen LogP contribution in [0.4, 0.5) is 0 Å². The Morgan fingerprint density at radius 1 is 0.923 bits per heavy atom. The fourth-order valence-electron chi connectivity index (χ4n) is 3.71. The number of carbonyl (C=O) groups excluding carboxylic acids is 1. The highest BCUT2D eigenvalue weighted by Gasteiger charge is 2.42. The average molecular weight is 351 g/mol. The van der Waals surface area contributed by atoms with Crippen LogP contribution >= 0.6 is 0 Å². The first kappa shape index (κ1) is 18.7. The van der Waals surface area contributed by atoms with Gasteiger partial charge in [-0.05, 0) is 42.4 Å². The van der Waals surface area contributed by atoms with E-state index in [-0.39, 0.29) is 11.9 Å². The van der Waals surface area contributed by atoms with Crippen LogP contribution in [0.2, 0.25) is 0 Å². The summed E-state index contributed by atoms with van der Waals surface area (Å²) in [7, 11) is 0. The molecule has 0 saturated carbocycles. The molecule has 3 nitrogen and oxygen atoms in total. The number of carbonyl (C=O) groups is 1. The summed E-state index contributed by atoms with van der Waals surface area (Å²) in [5, 5.41) is 3.26. The second-order valence-electron chi connectivity index (χ2n) is 7.58. The summed E-state index contributed by atoms with van der Waals surface area (Å²) in [6, 6.07) is 18.7. The summed E-state index contributed by atoms with van der Waals surface area (Å²) in [5.41, 5.74) is 3.05. The van der Waals surface area contributed by atoms with E-state index in [4.69, 9.17) is 4.74 Å². The lowest BCUT2D eigenvalue weighted by Gasteiger charge is -2.37. The van der Waals surface area contributed by atoms with Gasteiger partial charge in [0.05, 0.1) is 11.5 Å². The summed E-state index contributed by atoms with van der Waals surface area (Å²) in [4.78, 5) is 13.3. The van der Waals surface area contributed by atoms with Gasteiger partial charge in [0.2, 0.25) is 5.91 Å². The van der Waals surface area contributed by atoms with Gasteiger partial charge >= 0.3 is 0 Å². The molecule has 1 fully saturated rings. The number of rotatable bonds is 5. The van der Waals surface area contributed by atoms with E-state index >= 15 is 0 Å². The van der Waals surface area contributed by atoms with Crippen LogP contribution < -0.4 is 5.32 Å². The molecule has 1 amide bonds. The van der Waals surface area contributed by atoms with Gasteiger partial charge in [-0.1, -0.05) is 68.4 Å². The van der Waals surface area contributed by atoms with Crippen molar-refractivity contribution in [3.05, 3.63) is 71.3 Å². The molecule has 0 radical (unpaired) electrons. The Morgan fingerprint density at radius 3 is 2.08 bits per heavy atom. The molecular weight excluding hydrogens is 322 g/mol. The Labute approximate surface area is 156 Å². The molecule has 0 aromatic heterocycles. The van der Waals surface area contributed by atoms with Crippen molar-refractivity contribution in [1.29, 1.82) is 0 Å². The Morgan fingerprint density at radius 2 is 1.50 bits per heavy atom. The molecule has 3 heteroatoms. The first-order chi connectivity index (χ1) is 12.5. The highest BCUT2D eigenvalue weighted by Crippen LogP contribution is 2.35. The lowest BCUT2D eigenvalue weighted by molar-refractivity contribution is -0.131. The molecule has 1 heterocycles. The fraction of sp³-hybridized carbons (Fsp3) is 0.435. The van der Waals surface area contributed by atoms with Crippen LogP contribution in [-0.2, 0) is 14.9 Å². The third-order valence-electron chi connectivity index (χ3n) is 5.56. The summed E-state index contributed by atoms with van der Waals surface area (Å²) >= 11 is 0. The number of hydrogen-bond acceptors (Lipinski definition) is 2. The Kier molecular flexibility index (Phi) is 5.77. The Bertz CT molecular complexity index is 716. The maximum atomic E-state index is 13.3. The minimum atomic E-state index is -0.494. The number of benzene rings is 2. The lowest BCUT2D eigenvalue weighted by Crippen LogP contribution is -2.48. The number of hydrogen-bond donors (Lipinski definition) is 1. The normalized spacial score (nSPS) is 17.7. The molecule has 3 rings (SSSR count). The van der Waals surface area contributed by atoms with Crippen molar-refractivity contribution >= 4 is 5.91 Å². The van der Waals surface area contributed by atoms with E-state index < -0.39 is 5.41 Å². The van der Waals surface area contributed by atoms with Crippen molar-refractivity contribution in [3.8, 4) is 0 Å². The SMILES string of the molecule is CC(C)c1ccc(C(C)NC(=O)C2(c3ccccc3)CCOCC2)cc1. The van der Waals surface area contributed by atoms with Crippen LogP contribution in [-0.4, -0.2) is 19.1 Å². The van der Waals surface area contributed by atoms with E-state index in [9.17, 15) is 4.79 Å². The van der Waals surface area contributed by atoms with Crippen molar-refractivity contribution in [2.75, 3.05) is 13.2 Å².